The standard InChI is InChI=1S/C15H18N2O3S3/c1-15(21-2,14(19)17-20)7-8-16-13(18)12-6-5-11(23-12)10-4-3-9-22-10/h3-6,9,20H,7-8H2,1-2H3,(H,16,18)(H,17,19). The summed E-state index contributed by atoms with van der Waals surface area (Å²) in [6.07, 6.45) is 2.22. The number of thiophene rings is 2. The fourth-order valence-electron chi connectivity index (χ4n) is 1.94. The quantitative estimate of drug-likeness (QED) is 0.516. The summed E-state index contributed by atoms with van der Waals surface area (Å²) in [6, 6.07) is 7.75. The van der Waals surface area contributed by atoms with Crippen LogP contribution in [-0.2, 0) is 4.79 Å². The molecule has 0 aromatic carbocycles. The van der Waals surface area contributed by atoms with Gasteiger partial charge in [-0.2, -0.15) is 0 Å². The van der Waals surface area contributed by atoms with Crippen molar-refractivity contribution in [2.45, 2.75) is 18.1 Å². The second-order valence-corrected chi connectivity index (χ2v) is 8.36. The third-order valence-corrected chi connectivity index (χ3v) is 6.95. The molecule has 0 spiro atoms. The SMILES string of the molecule is CSC(C)(CCNC(=O)c1ccc(-c2cccs2)s1)C(=O)NO. The van der Waals surface area contributed by atoms with E-state index in [1.165, 1.54) is 23.1 Å². The molecule has 0 fully saturated rings. The summed E-state index contributed by atoms with van der Waals surface area (Å²) < 4.78 is -0.778. The van der Waals surface area contributed by atoms with Crippen molar-refractivity contribution in [3.8, 4) is 9.75 Å². The summed E-state index contributed by atoms with van der Waals surface area (Å²) in [4.78, 5) is 26.7. The van der Waals surface area contributed by atoms with Gasteiger partial charge in [0.25, 0.3) is 11.8 Å². The molecule has 0 aliphatic carbocycles. The number of hydrogen-bond donors (Lipinski definition) is 3. The molecule has 2 rings (SSSR count). The Balaban J connectivity index is 1.91. The molecule has 23 heavy (non-hydrogen) atoms. The molecule has 124 valence electrons. The fraction of sp³-hybridized carbons (Fsp3) is 0.333. The van der Waals surface area contributed by atoms with Crippen LogP contribution in [0.15, 0.2) is 29.6 Å². The van der Waals surface area contributed by atoms with Crippen molar-refractivity contribution in [2.75, 3.05) is 12.8 Å². The summed E-state index contributed by atoms with van der Waals surface area (Å²) >= 11 is 4.42. The van der Waals surface area contributed by atoms with E-state index in [4.69, 9.17) is 5.21 Å². The highest BCUT2D eigenvalue weighted by molar-refractivity contribution is 8.00. The zero-order chi connectivity index (χ0) is 16.9. The Bertz CT molecular complexity index is 669. The molecule has 2 amide bonds. The van der Waals surface area contributed by atoms with Gasteiger partial charge in [0.2, 0.25) is 0 Å². The molecule has 5 nitrogen and oxygen atoms in total. The monoisotopic (exact) mass is 370 g/mol. The van der Waals surface area contributed by atoms with Crippen molar-refractivity contribution in [3.05, 3.63) is 34.5 Å². The van der Waals surface area contributed by atoms with E-state index in [-0.39, 0.29) is 5.91 Å². The molecular weight excluding hydrogens is 352 g/mol. The van der Waals surface area contributed by atoms with Gasteiger partial charge in [-0.1, -0.05) is 6.07 Å². The Morgan fingerprint density at radius 2 is 2.09 bits per heavy atom. The van der Waals surface area contributed by atoms with Crippen LogP contribution < -0.4 is 10.8 Å². The van der Waals surface area contributed by atoms with Gasteiger partial charge in [-0.25, -0.2) is 5.48 Å². The second-order valence-electron chi connectivity index (χ2n) is 5.02. The van der Waals surface area contributed by atoms with Crippen LogP contribution in [0.4, 0.5) is 0 Å². The van der Waals surface area contributed by atoms with E-state index in [1.54, 1.807) is 30.0 Å². The Labute approximate surface area is 147 Å². The van der Waals surface area contributed by atoms with Gasteiger partial charge in [0, 0.05) is 16.3 Å². The van der Waals surface area contributed by atoms with Crippen molar-refractivity contribution >= 4 is 46.2 Å². The van der Waals surface area contributed by atoms with E-state index in [0.29, 0.717) is 17.8 Å². The third-order valence-electron chi connectivity index (χ3n) is 3.51. The maximum absolute atomic E-state index is 12.2. The van der Waals surface area contributed by atoms with Crippen LogP contribution in [0, 0.1) is 0 Å². The number of carbonyl (C=O) groups is 2. The molecule has 1 unspecified atom stereocenters. The summed E-state index contributed by atoms with van der Waals surface area (Å²) in [7, 11) is 0. The predicted molar refractivity (Wildman–Crippen MR) is 96.4 cm³/mol. The number of rotatable bonds is 7. The zero-order valence-corrected chi connectivity index (χ0v) is 15.2. The van der Waals surface area contributed by atoms with Crippen molar-refractivity contribution in [1.29, 1.82) is 0 Å². The molecule has 8 heteroatoms. The minimum Gasteiger partial charge on any atom is -0.351 e. The molecule has 0 aliphatic heterocycles. The lowest BCUT2D eigenvalue weighted by atomic mass is 10.1. The number of hydroxylamine groups is 1. The summed E-state index contributed by atoms with van der Waals surface area (Å²) in [5, 5.41) is 13.6. The van der Waals surface area contributed by atoms with E-state index in [0.717, 1.165) is 9.75 Å². The normalized spacial score (nSPS) is 13.3. The van der Waals surface area contributed by atoms with Crippen LogP contribution >= 0.6 is 34.4 Å². The van der Waals surface area contributed by atoms with Gasteiger partial charge in [-0.05, 0) is 43.2 Å². The first-order chi connectivity index (χ1) is 11.0. The van der Waals surface area contributed by atoms with Gasteiger partial charge in [-0.3, -0.25) is 14.8 Å². The molecule has 2 aromatic rings. The van der Waals surface area contributed by atoms with Gasteiger partial charge in [-0.15, -0.1) is 34.4 Å². The lowest BCUT2D eigenvalue weighted by Gasteiger charge is -2.24. The average molecular weight is 371 g/mol. The van der Waals surface area contributed by atoms with Crippen molar-refractivity contribution < 1.29 is 14.8 Å². The molecule has 0 aliphatic rings. The smallest absolute Gasteiger partial charge is 0.261 e. The first-order valence-corrected chi connectivity index (χ1v) is 9.84. The predicted octanol–water partition coefficient (Wildman–Crippen LogP) is 3.22. The van der Waals surface area contributed by atoms with Crippen molar-refractivity contribution in [2.24, 2.45) is 0 Å². The molecule has 0 saturated carbocycles. The summed E-state index contributed by atoms with van der Waals surface area (Å²) in [6.45, 7) is 2.09. The van der Waals surface area contributed by atoms with Gasteiger partial charge >= 0.3 is 0 Å². The highest BCUT2D eigenvalue weighted by Crippen LogP contribution is 2.31. The lowest BCUT2D eigenvalue weighted by molar-refractivity contribution is -0.131. The molecule has 0 bridgehead atoms. The first-order valence-electron chi connectivity index (χ1n) is 6.92. The van der Waals surface area contributed by atoms with Gasteiger partial charge in [0.05, 0.1) is 9.62 Å². The van der Waals surface area contributed by atoms with Gasteiger partial charge < -0.3 is 5.32 Å². The van der Waals surface area contributed by atoms with Crippen LogP contribution in [0.3, 0.4) is 0 Å². The second kappa shape index (κ2) is 7.96. The molecular formula is C15H18N2O3S3. The van der Waals surface area contributed by atoms with Gasteiger partial charge in [0.15, 0.2) is 0 Å². The van der Waals surface area contributed by atoms with E-state index < -0.39 is 10.7 Å². The number of hydrogen-bond acceptors (Lipinski definition) is 6. The van der Waals surface area contributed by atoms with Gasteiger partial charge in [0.1, 0.15) is 0 Å². The fourth-order valence-corrected chi connectivity index (χ4v) is 4.23. The minimum atomic E-state index is -0.778. The van der Waals surface area contributed by atoms with Crippen LogP contribution in [0.1, 0.15) is 23.0 Å². The summed E-state index contributed by atoms with van der Waals surface area (Å²) in [5.41, 5.74) is 1.68. The zero-order valence-electron chi connectivity index (χ0n) is 12.8. The Morgan fingerprint density at radius 1 is 1.30 bits per heavy atom. The number of nitrogens with one attached hydrogen (secondary N) is 2. The Morgan fingerprint density at radius 3 is 2.70 bits per heavy atom. The highest BCUT2D eigenvalue weighted by atomic mass is 32.2. The van der Waals surface area contributed by atoms with Crippen LogP contribution in [0.2, 0.25) is 0 Å². The Hall–Kier alpha value is -1.35. The van der Waals surface area contributed by atoms with Crippen LogP contribution in [-0.4, -0.2) is 34.6 Å². The largest absolute Gasteiger partial charge is 0.351 e. The third kappa shape index (κ3) is 4.35. The maximum atomic E-state index is 12.2. The number of carbonyl (C=O) groups excluding carboxylic acids is 2. The lowest BCUT2D eigenvalue weighted by Crippen LogP contribution is -2.42. The highest BCUT2D eigenvalue weighted by Gasteiger charge is 2.31. The van der Waals surface area contributed by atoms with Crippen molar-refractivity contribution in [3.63, 3.8) is 0 Å². The average Bonchev–Trinajstić information content (AvgIpc) is 3.24. The number of amides is 2. The van der Waals surface area contributed by atoms with E-state index >= 15 is 0 Å². The molecule has 0 radical (unpaired) electrons. The minimum absolute atomic E-state index is 0.148. The first kappa shape index (κ1) is 18.0. The topological polar surface area (TPSA) is 78.4 Å². The molecule has 2 heterocycles. The summed E-state index contributed by atoms with van der Waals surface area (Å²) in [5.74, 6) is -0.610. The van der Waals surface area contributed by atoms with E-state index in [2.05, 4.69) is 5.32 Å². The number of thioether (sulfide) groups is 1. The van der Waals surface area contributed by atoms with Crippen LogP contribution in [0.25, 0.3) is 9.75 Å². The van der Waals surface area contributed by atoms with E-state index in [9.17, 15) is 9.59 Å². The molecule has 3 N–H and O–H groups in total. The van der Waals surface area contributed by atoms with Crippen molar-refractivity contribution in [1.82, 2.24) is 10.8 Å². The maximum Gasteiger partial charge on any atom is 0.261 e. The molecule has 0 saturated heterocycles. The molecule has 1 atom stereocenters. The molecule has 2 aromatic heterocycles. The van der Waals surface area contributed by atoms with Crippen LogP contribution in [0.5, 0.6) is 0 Å². The Kier molecular flexibility index (Phi) is 6.23. The van der Waals surface area contributed by atoms with E-state index in [1.807, 2.05) is 29.6 Å².